The molecule has 8 heteroatoms. The minimum atomic E-state index is -3.05. The van der Waals surface area contributed by atoms with Crippen LogP contribution in [-0.2, 0) is 21.9 Å². The van der Waals surface area contributed by atoms with Gasteiger partial charge in [0.15, 0.2) is 5.92 Å². The molecule has 1 heterocycles. The Morgan fingerprint density at radius 2 is 1.79 bits per heavy atom. The van der Waals surface area contributed by atoms with E-state index in [1.54, 1.807) is 13.0 Å². The van der Waals surface area contributed by atoms with E-state index in [0.717, 1.165) is 22.5 Å². The number of nitrogens with zero attached hydrogens (tertiary/aromatic N) is 2. The molecule has 0 aliphatic carbocycles. The maximum absolute atomic E-state index is 13.6. The third-order valence-corrected chi connectivity index (χ3v) is 5.93. The van der Waals surface area contributed by atoms with Crippen LogP contribution in [0.15, 0.2) is 82.4 Å². The highest BCUT2D eigenvalue weighted by Gasteiger charge is 2.40. The molecular weight excluding hydrogens is 504 g/mol. The molecule has 3 aromatic carbocycles. The van der Waals surface area contributed by atoms with Crippen molar-refractivity contribution >= 4 is 44.8 Å². The summed E-state index contributed by atoms with van der Waals surface area (Å²) in [7, 11) is 0. The molecule has 0 bridgehead atoms. The number of carbonyl (C=O) groups excluding carboxylic acids is 2. The summed E-state index contributed by atoms with van der Waals surface area (Å²) in [6.07, 6.45) is 0.667. The number of alkyl halides is 2. The Bertz CT molecular complexity index is 1270. The van der Waals surface area contributed by atoms with Gasteiger partial charge in [-0.1, -0.05) is 58.4 Å². The molecule has 0 fully saturated rings. The molecule has 0 aromatic heterocycles. The lowest BCUT2D eigenvalue weighted by Gasteiger charge is -2.17. The van der Waals surface area contributed by atoms with E-state index in [1.165, 1.54) is 29.3 Å². The average molecular weight is 526 g/mol. The van der Waals surface area contributed by atoms with Crippen LogP contribution in [0.3, 0.4) is 0 Å². The minimum absolute atomic E-state index is 0.190. The Morgan fingerprint density at radius 1 is 1.06 bits per heavy atom. The molecule has 0 saturated carbocycles. The highest BCUT2D eigenvalue weighted by Crippen LogP contribution is 2.31. The number of rotatable bonds is 6. The fraction of sp³-hybridized carbons (Fsp3) is 0.192. The van der Waals surface area contributed by atoms with E-state index in [4.69, 9.17) is 0 Å². The summed E-state index contributed by atoms with van der Waals surface area (Å²) in [4.78, 5) is 26.1. The molecule has 0 spiro atoms. The number of nitrogens with one attached hydrogen (secondary N) is 1. The standard InChI is InChI=1S/C26H22BrF2N3O2/c1-16-23(24(33)30-21-10-6-9-19(14-21)26(2,28)29)25(34)32(31-16)22-13-18(12-20(27)15-22)11-17-7-4-3-5-8-17/h3-10,12-15,23H,11H2,1-2H3,(H,30,33). The predicted molar refractivity (Wildman–Crippen MR) is 132 cm³/mol. The Kier molecular flexibility index (Phi) is 6.61. The van der Waals surface area contributed by atoms with Crippen LogP contribution < -0.4 is 10.3 Å². The van der Waals surface area contributed by atoms with Crippen molar-refractivity contribution < 1.29 is 18.4 Å². The van der Waals surface area contributed by atoms with E-state index in [1.807, 2.05) is 42.5 Å². The average Bonchev–Trinajstić information content (AvgIpc) is 3.07. The van der Waals surface area contributed by atoms with Gasteiger partial charge in [-0.15, -0.1) is 0 Å². The van der Waals surface area contributed by atoms with Crippen LogP contribution in [0.2, 0.25) is 0 Å². The first kappa shape index (κ1) is 23.8. The van der Waals surface area contributed by atoms with Crippen molar-refractivity contribution in [2.45, 2.75) is 26.2 Å². The van der Waals surface area contributed by atoms with Crippen LogP contribution >= 0.6 is 15.9 Å². The van der Waals surface area contributed by atoms with Gasteiger partial charge in [0.25, 0.3) is 11.8 Å². The van der Waals surface area contributed by atoms with Crippen LogP contribution in [0.4, 0.5) is 20.2 Å². The number of hydrogen-bond donors (Lipinski definition) is 1. The summed E-state index contributed by atoms with van der Waals surface area (Å²) in [5.74, 6) is -5.32. The number of hydrazone groups is 1. The molecule has 4 rings (SSSR count). The Hall–Kier alpha value is -3.39. The highest BCUT2D eigenvalue weighted by atomic mass is 79.9. The SMILES string of the molecule is CC1=NN(c2cc(Br)cc(Cc3ccccc3)c2)C(=O)C1C(=O)Nc1cccc(C(C)(F)F)c1. The van der Waals surface area contributed by atoms with Gasteiger partial charge in [-0.2, -0.15) is 10.1 Å². The molecule has 34 heavy (non-hydrogen) atoms. The first-order valence-corrected chi connectivity index (χ1v) is 11.4. The third kappa shape index (κ3) is 5.22. The van der Waals surface area contributed by atoms with E-state index >= 15 is 0 Å². The van der Waals surface area contributed by atoms with E-state index in [9.17, 15) is 18.4 Å². The Morgan fingerprint density at radius 3 is 2.50 bits per heavy atom. The van der Waals surface area contributed by atoms with Gasteiger partial charge in [0.2, 0.25) is 5.91 Å². The molecule has 0 radical (unpaired) electrons. The van der Waals surface area contributed by atoms with Gasteiger partial charge in [-0.25, -0.2) is 8.78 Å². The van der Waals surface area contributed by atoms with Crippen LogP contribution in [-0.4, -0.2) is 17.5 Å². The molecule has 1 unspecified atom stereocenters. The first-order valence-electron chi connectivity index (χ1n) is 10.6. The van der Waals surface area contributed by atoms with E-state index < -0.39 is 23.7 Å². The molecule has 0 saturated heterocycles. The van der Waals surface area contributed by atoms with Gasteiger partial charge in [0.1, 0.15) is 0 Å². The van der Waals surface area contributed by atoms with Crippen LogP contribution in [0, 0.1) is 5.92 Å². The predicted octanol–water partition coefficient (Wildman–Crippen LogP) is 6.13. The van der Waals surface area contributed by atoms with Crippen molar-refractivity contribution in [2.75, 3.05) is 10.3 Å². The summed E-state index contributed by atoms with van der Waals surface area (Å²) >= 11 is 3.49. The van der Waals surface area contributed by atoms with Gasteiger partial charge in [0.05, 0.1) is 11.4 Å². The van der Waals surface area contributed by atoms with Crippen molar-refractivity contribution in [3.63, 3.8) is 0 Å². The lowest BCUT2D eigenvalue weighted by molar-refractivity contribution is -0.127. The lowest BCUT2D eigenvalue weighted by atomic mass is 10.0. The van der Waals surface area contributed by atoms with Crippen LogP contribution in [0.5, 0.6) is 0 Å². The third-order valence-electron chi connectivity index (χ3n) is 5.47. The zero-order chi connectivity index (χ0) is 24.5. The fourth-order valence-electron chi connectivity index (χ4n) is 3.83. The van der Waals surface area contributed by atoms with Gasteiger partial charge in [-0.05, 0) is 54.8 Å². The minimum Gasteiger partial charge on any atom is -0.325 e. The molecule has 1 N–H and O–H groups in total. The molecular formula is C26H22BrF2N3O2. The van der Waals surface area contributed by atoms with Crippen molar-refractivity contribution in [2.24, 2.45) is 11.0 Å². The van der Waals surface area contributed by atoms with Gasteiger partial charge in [0, 0.05) is 22.6 Å². The van der Waals surface area contributed by atoms with Crippen LogP contribution in [0.1, 0.15) is 30.5 Å². The summed E-state index contributed by atoms with van der Waals surface area (Å²) in [5, 5.41) is 8.12. The number of halogens is 3. The maximum Gasteiger partial charge on any atom is 0.270 e. The van der Waals surface area contributed by atoms with E-state index in [2.05, 4.69) is 26.3 Å². The smallest absolute Gasteiger partial charge is 0.270 e. The normalized spacial score (nSPS) is 15.9. The molecule has 174 valence electrons. The van der Waals surface area contributed by atoms with Gasteiger partial charge in [-0.3, -0.25) is 9.59 Å². The second kappa shape index (κ2) is 9.46. The number of amides is 2. The molecule has 5 nitrogen and oxygen atoms in total. The van der Waals surface area contributed by atoms with Crippen LogP contribution in [0.25, 0.3) is 0 Å². The zero-order valence-electron chi connectivity index (χ0n) is 18.6. The second-order valence-corrected chi connectivity index (χ2v) is 9.18. The molecule has 2 amide bonds. The topological polar surface area (TPSA) is 61.8 Å². The fourth-order valence-corrected chi connectivity index (χ4v) is 4.35. The molecule has 1 aliphatic rings. The summed E-state index contributed by atoms with van der Waals surface area (Å²) in [6.45, 7) is 2.38. The highest BCUT2D eigenvalue weighted by molar-refractivity contribution is 9.10. The van der Waals surface area contributed by atoms with Crippen molar-refractivity contribution in [1.82, 2.24) is 0 Å². The first-order chi connectivity index (χ1) is 16.1. The largest absolute Gasteiger partial charge is 0.325 e. The quantitative estimate of drug-likeness (QED) is 0.393. The van der Waals surface area contributed by atoms with Gasteiger partial charge >= 0.3 is 0 Å². The van der Waals surface area contributed by atoms with E-state index in [0.29, 0.717) is 17.8 Å². The number of carbonyl (C=O) groups is 2. The lowest BCUT2D eigenvalue weighted by Crippen LogP contribution is -2.36. The second-order valence-electron chi connectivity index (χ2n) is 8.26. The van der Waals surface area contributed by atoms with Crippen molar-refractivity contribution in [1.29, 1.82) is 0 Å². The van der Waals surface area contributed by atoms with Crippen molar-refractivity contribution in [3.05, 3.63) is 94.0 Å². The number of anilines is 2. The molecule has 3 aromatic rings. The molecule has 1 aliphatic heterocycles. The zero-order valence-corrected chi connectivity index (χ0v) is 20.1. The monoisotopic (exact) mass is 525 g/mol. The van der Waals surface area contributed by atoms with Crippen molar-refractivity contribution in [3.8, 4) is 0 Å². The van der Waals surface area contributed by atoms with E-state index in [-0.39, 0.29) is 11.3 Å². The summed E-state index contributed by atoms with van der Waals surface area (Å²) in [6, 6.07) is 20.9. The Balaban J connectivity index is 1.54. The van der Waals surface area contributed by atoms with Gasteiger partial charge < -0.3 is 5.32 Å². The summed E-state index contributed by atoms with van der Waals surface area (Å²) in [5.41, 5.74) is 2.92. The Labute approximate surface area is 204 Å². The number of hydrogen-bond acceptors (Lipinski definition) is 3. The molecule has 1 atom stereocenters. The maximum atomic E-state index is 13.6. The number of benzene rings is 3. The summed E-state index contributed by atoms with van der Waals surface area (Å²) < 4.78 is 28.1.